The van der Waals surface area contributed by atoms with Crippen molar-refractivity contribution in [3.8, 4) is 0 Å². The van der Waals surface area contributed by atoms with E-state index in [0.29, 0.717) is 0 Å². The highest BCUT2D eigenvalue weighted by molar-refractivity contribution is 5.71. The highest BCUT2D eigenvalue weighted by atomic mass is 16.5. The van der Waals surface area contributed by atoms with Crippen molar-refractivity contribution < 1.29 is 24.9 Å². The van der Waals surface area contributed by atoms with Crippen LogP contribution in [0.1, 0.15) is 45.3 Å². The summed E-state index contributed by atoms with van der Waals surface area (Å²) in [6.07, 6.45) is 1.63. The molecule has 25 heavy (non-hydrogen) atoms. The number of benzene rings is 1. The van der Waals surface area contributed by atoms with Gasteiger partial charge in [0.15, 0.2) is 0 Å². The molecule has 6 nitrogen and oxygen atoms in total. The zero-order valence-electron chi connectivity index (χ0n) is 15.9. The summed E-state index contributed by atoms with van der Waals surface area (Å²) in [5.41, 5.74) is 1.00. The molecule has 0 bridgehead atoms. The molecule has 0 aromatic heterocycles. The van der Waals surface area contributed by atoms with Gasteiger partial charge in [-0.1, -0.05) is 44.2 Å². The van der Waals surface area contributed by atoms with Gasteiger partial charge in [0.25, 0.3) is 0 Å². The molecule has 0 aliphatic carbocycles. The minimum Gasteiger partial charge on any atom is -0.469 e. The Bertz CT molecular complexity index is 396. The predicted octanol–water partition coefficient (Wildman–Crippen LogP) is 1.90. The molecule has 0 heterocycles. The Morgan fingerprint density at radius 1 is 1.16 bits per heavy atom. The molecule has 0 fully saturated rings. The predicted molar refractivity (Wildman–Crippen MR) is 100 cm³/mol. The second-order valence-electron chi connectivity index (χ2n) is 5.42. The number of aliphatic hydroxyl groups excluding tert-OH is 3. The molecule has 0 saturated heterocycles. The number of nitrogens with one attached hydrogen (secondary N) is 1. The van der Waals surface area contributed by atoms with Gasteiger partial charge in [-0.15, -0.1) is 0 Å². The molecule has 4 N–H and O–H groups in total. The third kappa shape index (κ3) is 15.8. The number of esters is 1. The van der Waals surface area contributed by atoms with Crippen molar-refractivity contribution in [1.29, 1.82) is 0 Å². The van der Waals surface area contributed by atoms with Gasteiger partial charge in [0, 0.05) is 6.54 Å². The smallest absolute Gasteiger partial charge is 0.310 e. The third-order valence-electron chi connectivity index (χ3n) is 3.16. The van der Waals surface area contributed by atoms with E-state index in [1.54, 1.807) is 6.92 Å². The summed E-state index contributed by atoms with van der Waals surface area (Å²) in [6.45, 7) is 7.52. The van der Waals surface area contributed by atoms with Crippen LogP contribution in [-0.4, -0.2) is 54.7 Å². The molecule has 0 aliphatic rings. The average molecular weight is 357 g/mol. The number of ether oxygens (including phenoxy) is 1. The monoisotopic (exact) mass is 357 g/mol. The number of carbonyl (C=O) groups is 1. The lowest BCUT2D eigenvalue weighted by Gasteiger charge is -2.05. The van der Waals surface area contributed by atoms with Gasteiger partial charge >= 0.3 is 5.97 Å². The first-order chi connectivity index (χ1) is 12.0. The van der Waals surface area contributed by atoms with Crippen molar-refractivity contribution in [2.45, 2.75) is 39.7 Å². The van der Waals surface area contributed by atoms with E-state index in [0.717, 1.165) is 31.5 Å². The summed E-state index contributed by atoms with van der Waals surface area (Å²) in [5.74, 6) is -0.757. The van der Waals surface area contributed by atoms with Crippen LogP contribution in [0.25, 0.3) is 0 Å². The van der Waals surface area contributed by atoms with Crippen LogP contribution in [0.3, 0.4) is 0 Å². The molecule has 0 amide bonds. The van der Waals surface area contributed by atoms with Crippen LogP contribution in [0.2, 0.25) is 0 Å². The van der Waals surface area contributed by atoms with Crippen molar-refractivity contribution in [3.63, 3.8) is 0 Å². The van der Waals surface area contributed by atoms with E-state index in [2.05, 4.69) is 17.0 Å². The van der Waals surface area contributed by atoms with E-state index in [-0.39, 0.29) is 31.2 Å². The van der Waals surface area contributed by atoms with E-state index < -0.39 is 0 Å². The molecule has 0 aliphatic heterocycles. The molecule has 1 unspecified atom stereocenters. The zero-order chi connectivity index (χ0) is 19.5. The summed E-state index contributed by atoms with van der Waals surface area (Å²) >= 11 is 0. The Kier molecular flexibility index (Phi) is 19.4. The summed E-state index contributed by atoms with van der Waals surface area (Å²) in [4.78, 5) is 10.4. The fraction of sp³-hybridized carbons (Fsp3) is 0.632. The van der Waals surface area contributed by atoms with Crippen LogP contribution in [0.15, 0.2) is 30.3 Å². The molecule has 0 radical (unpaired) electrons. The molecule has 1 rings (SSSR count). The highest BCUT2D eigenvalue weighted by Crippen LogP contribution is 2.14. The molecule has 1 aromatic rings. The SMILES string of the molecule is CCC(O)c1ccccc1.CCCNCCO.COC(=O)[C@@H](C)CO. The van der Waals surface area contributed by atoms with Crippen LogP contribution in [0.4, 0.5) is 0 Å². The molecule has 1 aromatic carbocycles. The Morgan fingerprint density at radius 2 is 1.76 bits per heavy atom. The van der Waals surface area contributed by atoms with Gasteiger partial charge in [-0.2, -0.15) is 0 Å². The Labute approximate surface area is 151 Å². The fourth-order valence-corrected chi connectivity index (χ4v) is 1.57. The van der Waals surface area contributed by atoms with Crippen molar-refractivity contribution in [1.82, 2.24) is 5.32 Å². The lowest BCUT2D eigenvalue weighted by atomic mass is 10.1. The maximum absolute atomic E-state index is 10.4. The maximum atomic E-state index is 10.4. The molecular weight excluding hydrogens is 322 g/mol. The maximum Gasteiger partial charge on any atom is 0.310 e. The quantitative estimate of drug-likeness (QED) is 0.419. The van der Waals surface area contributed by atoms with Gasteiger partial charge in [0.1, 0.15) is 0 Å². The second kappa shape index (κ2) is 18.9. The number of methoxy groups -OCH3 is 1. The topological polar surface area (TPSA) is 99.0 Å². The number of hydrogen-bond acceptors (Lipinski definition) is 6. The molecule has 2 atom stereocenters. The van der Waals surface area contributed by atoms with Gasteiger partial charge in [-0.05, 0) is 31.9 Å². The van der Waals surface area contributed by atoms with Gasteiger partial charge < -0.3 is 25.4 Å². The van der Waals surface area contributed by atoms with E-state index in [4.69, 9.17) is 10.2 Å². The lowest BCUT2D eigenvalue weighted by molar-refractivity contribution is -0.146. The van der Waals surface area contributed by atoms with Gasteiger partial charge in [0.2, 0.25) is 0 Å². The van der Waals surface area contributed by atoms with Gasteiger partial charge in [0.05, 0.1) is 32.3 Å². The zero-order valence-corrected chi connectivity index (χ0v) is 15.9. The van der Waals surface area contributed by atoms with Crippen molar-refractivity contribution in [2.75, 3.05) is 33.4 Å². The fourth-order valence-electron chi connectivity index (χ4n) is 1.57. The Balaban J connectivity index is 0. The summed E-state index contributed by atoms with van der Waals surface area (Å²) < 4.78 is 4.30. The average Bonchev–Trinajstić information content (AvgIpc) is 2.68. The summed E-state index contributed by atoms with van der Waals surface area (Å²) in [6, 6.07) is 9.70. The number of carbonyl (C=O) groups excluding carboxylic acids is 1. The molecular formula is C19H35NO5. The number of hydrogen-bond donors (Lipinski definition) is 4. The van der Waals surface area contributed by atoms with Crippen molar-refractivity contribution >= 4 is 5.97 Å². The minimum absolute atomic E-state index is 0.146. The highest BCUT2D eigenvalue weighted by Gasteiger charge is 2.09. The summed E-state index contributed by atoms with van der Waals surface area (Å²) in [7, 11) is 1.30. The van der Waals surface area contributed by atoms with Crippen LogP contribution in [-0.2, 0) is 9.53 Å². The van der Waals surface area contributed by atoms with Crippen LogP contribution in [0.5, 0.6) is 0 Å². The molecule has 6 heteroatoms. The van der Waals surface area contributed by atoms with E-state index >= 15 is 0 Å². The largest absolute Gasteiger partial charge is 0.469 e. The first kappa shape index (κ1) is 25.8. The first-order valence-corrected chi connectivity index (χ1v) is 8.71. The lowest BCUT2D eigenvalue weighted by Crippen LogP contribution is -2.18. The standard InChI is InChI=1S/C9H12O.C5H13NO.C5H10O3/c1-2-9(10)8-6-4-3-5-7-8;1-2-3-6-4-5-7;1-4(3-6)5(7)8-2/h3-7,9-10H,2H2,1H3;6-7H,2-5H2,1H3;4,6H,3H2,1-2H3/t;;4-/m..0/s1. The van der Waals surface area contributed by atoms with E-state index in [1.165, 1.54) is 7.11 Å². The van der Waals surface area contributed by atoms with Crippen molar-refractivity contribution in [3.05, 3.63) is 35.9 Å². The first-order valence-electron chi connectivity index (χ1n) is 8.71. The van der Waals surface area contributed by atoms with Gasteiger partial charge in [-0.25, -0.2) is 0 Å². The van der Waals surface area contributed by atoms with E-state index in [1.807, 2.05) is 37.3 Å². The van der Waals surface area contributed by atoms with Crippen LogP contribution in [0, 0.1) is 5.92 Å². The third-order valence-corrected chi connectivity index (χ3v) is 3.16. The minimum atomic E-state index is -0.389. The second-order valence-corrected chi connectivity index (χ2v) is 5.42. The van der Waals surface area contributed by atoms with E-state index in [9.17, 15) is 9.90 Å². The normalized spacial score (nSPS) is 12.0. The van der Waals surface area contributed by atoms with Gasteiger partial charge in [-0.3, -0.25) is 4.79 Å². The van der Waals surface area contributed by atoms with Crippen molar-refractivity contribution in [2.24, 2.45) is 5.92 Å². The number of aliphatic hydroxyl groups is 3. The summed E-state index contributed by atoms with van der Waals surface area (Å²) in [5, 5.41) is 28.9. The Hall–Kier alpha value is -1.47. The number of rotatable bonds is 8. The molecule has 0 saturated carbocycles. The van der Waals surface area contributed by atoms with Crippen LogP contribution < -0.4 is 5.32 Å². The molecule has 146 valence electrons. The molecule has 0 spiro atoms. The van der Waals surface area contributed by atoms with Crippen LogP contribution >= 0.6 is 0 Å². The Morgan fingerprint density at radius 3 is 2.12 bits per heavy atom.